The van der Waals surface area contributed by atoms with Gasteiger partial charge in [-0.3, -0.25) is 0 Å². The largest absolute Gasteiger partial charge is 0.332 e. The molecule has 0 saturated carbocycles. The molecule has 0 unspecified atom stereocenters. The first-order valence-electron chi connectivity index (χ1n) is 6.68. The van der Waals surface area contributed by atoms with Crippen LogP contribution < -0.4 is 0 Å². The van der Waals surface area contributed by atoms with Crippen molar-refractivity contribution in [3.05, 3.63) is 29.7 Å². The molecule has 0 bridgehead atoms. The highest BCUT2D eigenvalue weighted by Crippen LogP contribution is 2.14. The molecule has 104 valence electrons. The Balaban J connectivity index is 2.03. The van der Waals surface area contributed by atoms with Crippen LogP contribution in [0.1, 0.15) is 25.2 Å². The lowest BCUT2D eigenvalue weighted by molar-refractivity contribution is 0.303. The first-order chi connectivity index (χ1) is 9.76. The highest BCUT2D eigenvalue weighted by Gasteiger charge is 2.11. The standard InChI is InChI=1S/C14H17N5O/c1-3-19(4-2)8-7-13-17-14(20-18-13)12-6-5-11(9-15)10-16-12/h5-6,10H,3-4,7-8H2,1-2H3. The maximum absolute atomic E-state index is 8.73. The molecule has 0 N–H and O–H groups in total. The van der Waals surface area contributed by atoms with Crippen molar-refractivity contribution in [2.75, 3.05) is 19.6 Å². The zero-order chi connectivity index (χ0) is 14.4. The van der Waals surface area contributed by atoms with Crippen molar-refractivity contribution in [2.45, 2.75) is 20.3 Å². The van der Waals surface area contributed by atoms with Gasteiger partial charge in [-0.2, -0.15) is 10.2 Å². The Morgan fingerprint density at radius 2 is 2.10 bits per heavy atom. The summed E-state index contributed by atoms with van der Waals surface area (Å²) in [5.74, 6) is 1.07. The maximum atomic E-state index is 8.73. The second kappa shape index (κ2) is 6.78. The molecule has 0 aliphatic carbocycles. The van der Waals surface area contributed by atoms with E-state index in [9.17, 15) is 0 Å². The summed E-state index contributed by atoms with van der Waals surface area (Å²) < 4.78 is 5.20. The Bertz CT molecular complexity index is 580. The monoisotopic (exact) mass is 271 g/mol. The predicted molar refractivity (Wildman–Crippen MR) is 73.7 cm³/mol. The normalized spacial score (nSPS) is 10.7. The number of hydrogen-bond donors (Lipinski definition) is 0. The molecule has 6 nitrogen and oxygen atoms in total. The fraction of sp³-hybridized carbons (Fsp3) is 0.429. The molecule has 0 fully saturated rings. The molecule has 0 atom stereocenters. The summed E-state index contributed by atoms with van der Waals surface area (Å²) in [7, 11) is 0. The Morgan fingerprint density at radius 3 is 2.70 bits per heavy atom. The van der Waals surface area contributed by atoms with E-state index in [1.54, 1.807) is 12.1 Å². The SMILES string of the molecule is CCN(CC)CCc1noc(-c2ccc(C#N)cn2)n1. The lowest BCUT2D eigenvalue weighted by Crippen LogP contribution is -2.25. The molecule has 0 radical (unpaired) electrons. The minimum atomic E-state index is 0.393. The van der Waals surface area contributed by atoms with E-state index in [-0.39, 0.29) is 0 Å². The summed E-state index contributed by atoms with van der Waals surface area (Å²) in [4.78, 5) is 10.8. The van der Waals surface area contributed by atoms with Gasteiger partial charge in [0.1, 0.15) is 11.8 Å². The highest BCUT2D eigenvalue weighted by molar-refractivity contribution is 5.47. The molecule has 2 heterocycles. The Labute approximate surface area is 118 Å². The smallest absolute Gasteiger partial charge is 0.276 e. The van der Waals surface area contributed by atoms with Crippen molar-refractivity contribution in [1.82, 2.24) is 20.0 Å². The van der Waals surface area contributed by atoms with Gasteiger partial charge < -0.3 is 9.42 Å². The van der Waals surface area contributed by atoms with E-state index in [0.717, 1.165) is 26.1 Å². The third-order valence-electron chi connectivity index (χ3n) is 3.13. The highest BCUT2D eigenvalue weighted by atomic mass is 16.5. The molecule has 20 heavy (non-hydrogen) atoms. The van der Waals surface area contributed by atoms with Crippen LogP contribution in [0.3, 0.4) is 0 Å². The molecule has 2 aromatic rings. The van der Waals surface area contributed by atoms with Gasteiger partial charge in [-0.25, -0.2) is 4.98 Å². The summed E-state index contributed by atoms with van der Waals surface area (Å²) in [6.45, 7) is 7.20. The van der Waals surface area contributed by atoms with Gasteiger partial charge in [0.15, 0.2) is 5.82 Å². The van der Waals surface area contributed by atoms with Gasteiger partial charge in [-0.05, 0) is 25.2 Å². The summed E-state index contributed by atoms with van der Waals surface area (Å²) >= 11 is 0. The summed E-state index contributed by atoms with van der Waals surface area (Å²) in [6.07, 6.45) is 2.25. The first-order valence-corrected chi connectivity index (χ1v) is 6.68. The molecule has 0 spiro atoms. The van der Waals surface area contributed by atoms with E-state index < -0.39 is 0 Å². The molecule has 6 heteroatoms. The molecule has 0 aliphatic heterocycles. The molecular weight excluding hydrogens is 254 g/mol. The molecule has 0 aromatic carbocycles. The quantitative estimate of drug-likeness (QED) is 0.798. The van der Waals surface area contributed by atoms with Crippen molar-refractivity contribution >= 4 is 0 Å². The van der Waals surface area contributed by atoms with E-state index in [1.165, 1.54) is 6.20 Å². The van der Waals surface area contributed by atoms with Gasteiger partial charge in [-0.1, -0.05) is 19.0 Å². The van der Waals surface area contributed by atoms with E-state index in [2.05, 4.69) is 33.9 Å². The number of pyridine rings is 1. The average Bonchev–Trinajstić information content (AvgIpc) is 2.97. The number of nitriles is 1. The first kappa shape index (κ1) is 14.2. The van der Waals surface area contributed by atoms with Gasteiger partial charge in [0.2, 0.25) is 0 Å². The van der Waals surface area contributed by atoms with Crippen LogP contribution in [0, 0.1) is 11.3 Å². The van der Waals surface area contributed by atoms with Gasteiger partial charge in [0, 0.05) is 19.2 Å². The van der Waals surface area contributed by atoms with E-state index in [0.29, 0.717) is 23.0 Å². The lowest BCUT2D eigenvalue weighted by Gasteiger charge is -2.16. The topological polar surface area (TPSA) is 78.8 Å². The van der Waals surface area contributed by atoms with Crippen molar-refractivity contribution < 1.29 is 4.52 Å². The third-order valence-corrected chi connectivity index (χ3v) is 3.13. The van der Waals surface area contributed by atoms with Crippen LogP contribution in [0.25, 0.3) is 11.6 Å². The molecule has 0 aliphatic rings. The Kier molecular flexibility index (Phi) is 4.80. The Hall–Kier alpha value is -2.26. The van der Waals surface area contributed by atoms with Gasteiger partial charge in [0.25, 0.3) is 5.89 Å². The van der Waals surface area contributed by atoms with Crippen molar-refractivity contribution in [3.8, 4) is 17.7 Å². The molecule has 2 rings (SSSR count). The molecule has 0 amide bonds. The number of nitrogens with zero attached hydrogens (tertiary/aromatic N) is 5. The van der Waals surface area contributed by atoms with Crippen LogP contribution in [-0.4, -0.2) is 39.7 Å². The van der Waals surface area contributed by atoms with Gasteiger partial charge >= 0.3 is 0 Å². The summed E-state index contributed by atoms with van der Waals surface area (Å²) in [5.41, 5.74) is 1.10. The minimum Gasteiger partial charge on any atom is -0.332 e. The number of rotatable bonds is 6. The van der Waals surface area contributed by atoms with Gasteiger partial charge in [-0.15, -0.1) is 0 Å². The van der Waals surface area contributed by atoms with Crippen LogP contribution in [0.5, 0.6) is 0 Å². The molecule has 0 saturated heterocycles. The number of aromatic nitrogens is 3. The Morgan fingerprint density at radius 1 is 1.30 bits per heavy atom. The average molecular weight is 271 g/mol. The second-order valence-electron chi connectivity index (χ2n) is 4.34. The zero-order valence-corrected chi connectivity index (χ0v) is 11.7. The van der Waals surface area contributed by atoms with Crippen LogP contribution in [-0.2, 0) is 6.42 Å². The van der Waals surface area contributed by atoms with E-state index >= 15 is 0 Å². The minimum absolute atomic E-state index is 0.393. The van der Waals surface area contributed by atoms with E-state index in [1.807, 2.05) is 6.07 Å². The third kappa shape index (κ3) is 3.39. The molecular formula is C14H17N5O. The number of hydrogen-bond acceptors (Lipinski definition) is 6. The maximum Gasteiger partial charge on any atom is 0.276 e. The van der Waals surface area contributed by atoms with Crippen molar-refractivity contribution in [1.29, 1.82) is 5.26 Å². The van der Waals surface area contributed by atoms with Crippen LogP contribution >= 0.6 is 0 Å². The fourth-order valence-corrected chi connectivity index (χ4v) is 1.84. The molecule has 2 aromatic heterocycles. The fourth-order valence-electron chi connectivity index (χ4n) is 1.84. The van der Waals surface area contributed by atoms with Crippen LogP contribution in [0.4, 0.5) is 0 Å². The van der Waals surface area contributed by atoms with Crippen LogP contribution in [0.2, 0.25) is 0 Å². The van der Waals surface area contributed by atoms with Crippen LogP contribution in [0.15, 0.2) is 22.9 Å². The lowest BCUT2D eigenvalue weighted by atomic mass is 10.2. The summed E-state index contributed by atoms with van der Waals surface area (Å²) in [6, 6.07) is 5.41. The van der Waals surface area contributed by atoms with Crippen molar-refractivity contribution in [2.24, 2.45) is 0 Å². The zero-order valence-electron chi connectivity index (χ0n) is 11.7. The van der Waals surface area contributed by atoms with Gasteiger partial charge in [0.05, 0.1) is 5.56 Å². The second-order valence-corrected chi connectivity index (χ2v) is 4.34. The van der Waals surface area contributed by atoms with Crippen molar-refractivity contribution in [3.63, 3.8) is 0 Å². The summed E-state index contributed by atoms with van der Waals surface area (Å²) in [5, 5.41) is 12.7. The number of likely N-dealkylation sites (N-methyl/N-ethyl adjacent to an activating group) is 1. The predicted octanol–water partition coefficient (Wildman–Crippen LogP) is 1.89. The van der Waals surface area contributed by atoms with E-state index in [4.69, 9.17) is 9.78 Å².